The van der Waals surface area contributed by atoms with Crippen molar-refractivity contribution in [1.29, 1.82) is 0 Å². The fourth-order valence-corrected chi connectivity index (χ4v) is 2.39. The Morgan fingerprint density at radius 2 is 1.90 bits per heavy atom. The molecule has 1 saturated heterocycles. The van der Waals surface area contributed by atoms with E-state index >= 15 is 0 Å². The molecule has 1 aliphatic heterocycles. The van der Waals surface area contributed by atoms with Crippen molar-refractivity contribution in [3.63, 3.8) is 0 Å². The molecule has 1 heterocycles. The van der Waals surface area contributed by atoms with Crippen LogP contribution in [0.5, 0.6) is 0 Å². The van der Waals surface area contributed by atoms with Crippen molar-refractivity contribution < 1.29 is 13.9 Å². The number of carbonyl (C=O) groups is 1. The summed E-state index contributed by atoms with van der Waals surface area (Å²) < 4.78 is 18.9. The van der Waals surface area contributed by atoms with Gasteiger partial charge in [-0.1, -0.05) is 30.3 Å². The summed E-state index contributed by atoms with van der Waals surface area (Å²) in [4.78, 5) is 13.4. The lowest BCUT2D eigenvalue weighted by molar-refractivity contribution is 0.179. The molecular formula is C15H14FN3O2. The number of nitrogens with zero attached hydrogens (tertiary/aromatic N) is 1. The van der Waals surface area contributed by atoms with E-state index < -0.39 is 11.9 Å². The summed E-state index contributed by atoms with van der Waals surface area (Å²) in [6.07, 6.45) is -0.535. The van der Waals surface area contributed by atoms with Crippen molar-refractivity contribution >= 4 is 23.2 Å². The summed E-state index contributed by atoms with van der Waals surface area (Å²) in [5.74, 6) is -0.656. The zero-order valence-corrected chi connectivity index (χ0v) is 11.1. The molecular weight excluding hydrogens is 273 g/mol. The van der Waals surface area contributed by atoms with Gasteiger partial charge in [-0.3, -0.25) is 4.90 Å². The SMILES string of the molecule is Nc1cc(N2C(=O)OCC2c2ccccc2)cc(F)c1N. The van der Waals surface area contributed by atoms with Gasteiger partial charge >= 0.3 is 6.09 Å². The Kier molecular flexibility index (Phi) is 3.13. The number of benzene rings is 2. The van der Waals surface area contributed by atoms with E-state index in [0.717, 1.165) is 5.56 Å². The Morgan fingerprint density at radius 3 is 2.57 bits per heavy atom. The Labute approximate surface area is 120 Å². The van der Waals surface area contributed by atoms with Gasteiger partial charge in [-0.25, -0.2) is 9.18 Å². The molecule has 4 N–H and O–H groups in total. The largest absolute Gasteiger partial charge is 0.447 e. The van der Waals surface area contributed by atoms with E-state index in [2.05, 4.69) is 0 Å². The van der Waals surface area contributed by atoms with Crippen molar-refractivity contribution in [2.45, 2.75) is 6.04 Å². The normalized spacial score (nSPS) is 17.9. The number of carbonyl (C=O) groups excluding carboxylic acids is 1. The molecule has 1 unspecified atom stereocenters. The molecule has 5 nitrogen and oxygen atoms in total. The summed E-state index contributed by atoms with van der Waals surface area (Å²) in [6, 6.07) is 11.7. The Morgan fingerprint density at radius 1 is 1.19 bits per heavy atom. The summed E-state index contributed by atoms with van der Waals surface area (Å²) in [5.41, 5.74) is 12.4. The summed E-state index contributed by atoms with van der Waals surface area (Å²) in [6.45, 7) is 0.203. The van der Waals surface area contributed by atoms with Gasteiger partial charge < -0.3 is 16.2 Å². The minimum Gasteiger partial charge on any atom is -0.447 e. The van der Waals surface area contributed by atoms with Gasteiger partial charge in [-0.05, 0) is 11.6 Å². The molecule has 2 aromatic rings. The molecule has 0 saturated carbocycles. The first kappa shape index (κ1) is 13.2. The van der Waals surface area contributed by atoms with E-state index in [1.165, 1.54) is 17.0 Å². The van der Waals surface area contributed by atoms with E-state index in [9.17, 15) is 9.18 Å². The van der Waals surface area contributed by atoms with Gasteiger partial charge in [0.1, 0.15) is 12.4 Å². The lowest BCUT2D eigenvalue weighted by atomic mass is 10.1. The average molecular weight is 287 g/mol. The first-order valence-electron chi connectivity index (χ1n) is 6.43. The van der Waals surface area contributed by atoms with Crippen LogP contribution in [-0.4, -0.2) is 12.7 Å². The van der Waals surface area contributed by atoms with Gasteiger partial charge in [-0.15, -0.1) is 0 Å². The zero-order valence-electron chi connectivity index (χ0n) is 11.1. The van der Waals surface area contributed by atoms with Gasteiger partial charge in [-0.2, -0.15) is 0 Å². The summed E-state index contributed by atoms with van der Waals surface area (Å²) in [7, 11) is 0. The Hall–Kier alpha value is -2.76. The first-order chi connectivity index (χ1) is 10.1. The molecule has 0 radical (unpaired) electrons. The number of nitrogen functional groups attached to an aromatic ring is 2. The highest BCUT2D eigenvalue weighted by atomic mass is 19.1. The smallest absolute Gasteiger partial charge is 0.415 e. The molecule has 3 rings (SSSR count). The maximum atomic E-state index is 13.8. The van der Waals surface area contributed by atoms with Crippen LogP contribution in [0.2, 0.25) is 0 Å². The van der Waals surface area contributed by atoms with E-state index in [4.69, 9.17) is 16.2 Å². The predicted octanol–water partition coefficient (Wildman–Crippen LogP) is 2.69. The van der Waals surface area contributed by atoms with E-state index in [0.29, 0.717) is 5.69 Å². The third-order valence-electron chi connectivity index (χ3n) is 3.48. The minimum atomic E-state index is -0.656. The predicted molar refractivity (Wildman–Crippen MR) is 78.2 cm³/mol. The molecule has 1 aliphatic rings. The summed E-state index contributed by atoms with van der Waals surface area (Å²) in [5, 5.41) is 0. The second kappa shape index (κ2) is 4.97. The van der Waals surface area contributed by atoms with Crippen LogP contribution < -0.4 is 16.4 Å². The van der Waals surface area contributed by atoms with Gasteiger partial charge in [0, 0.05) is 6.07 Å². The highest BCUT2D eigenvalue weighted by Crippen LogP contribution is 2.35. The molecule has 6 heteroatoms. The van der Waals surface area contributed by atoms with Gasteiger partial charge in [0.2, 0.25) is 0 Å². The molecule has 0 spiro atoms. The van der Waals surface area contributed by atoms with Crippen LogP contribution >= 0.6 is 0 Å². The number of hydrogen-bond acceptors (Lipinski definition) is 4. The number of halogens is 1. The van der Waals surface area contributed by atoms with Crippen LogP contribution in [0.4, 0.5) is 26.2 Å². The number of anilines is 3. The molecule has 1 fully saturated rings. The lowest BCUT2D eigenvalue weighted by Crippen LogP contribution is -2.27. The number of hydrogen-bond donors (Lipinski definition) is 2. The number of nitrogens with two attached hydrogens (primary N) is 2. The standard InChI is InChI=1S/C15H14FN3O2/c16-11-6-10(7-12(17)14(11)18)19-13(8-21-15(19)20)9-4-2-1-3-5-9/h1-7,13H,8,17-18H2. The second-order valence-corrected chi connectivity index (χ2v) is 4.80. The van der Waals surface area contributed by atoms with Crippen LogP contribution in [0.1, 0.15) is 11.6 Å². The monoisotopic (exact) mass is 287 g/mol. The van der Waals surface area contributed by atoms with Crippen LogP contribution in [-0.2, 0) is 4.74 Å². The second-order valence-electron chi connectivity index (χ2n) is 4.80. The molecule has 0 bridgehead atoms. The molecule has 1 amide bonds. The Balaban J connectivity index is 2.04. The summed E-state index contributed by atoms with van der Waals surface area (Å²) >= 11 is 0. The molecule has 2 aromatic carbocycles. The molecule has 21 heavy (non-hydrogen) atoms. The van der Waals surface area contributed by atoms with Crippen molar-refractivity contribution in [2.24, 2.45) is 0 Å². The fraction of sp³-hybridized carbons (Fsp3) is 0.133. The number of ether oxygens (including phenoxy) is 1. The van der Waals surface area contributed by atoms with Crippen LogP contribution in [0.3, 0.4) is 0 Å². The lowest BCUT2D eigenvalue weighted by Gasteiger charge is -2.22. The topological polar surface area (TPSA) is 81.6 Å². The van der Waals surface area contributed by atoms with Crippen LogP contribution in [0, 0.1) is 5.82 Å². The van der Waals surface area contributed by atoms with Crippen LogP contribution in [0.25, 0.3) is 0 Å². The molecule has 108 valence electrons. The van der Waals surface area contributed by atoms with Gasteiger partial charge in [0.25, 0.3) is 0 Å². The van der Waals surface area contributed by atoms with E-state index in [1.54, 1.807) is 0 Å². The number of amides is 1. The Bertz CT molecular complexity index is 668. The van der Waals surface area contributed by atoms with Gasteiger partial charge in [0.05, 0.1) is 23.1 Å². The van der Waals surface area contributed by atoms with Crippen molar-refractivity contribution in [2.75, 3.05) is 23.0 Å². The molecule has 0 aromatic heterocycles. The van der Waals surface area contributed by atoms with E-state index in [1.807, 2.05) is 30.3 Å². The third-order valence-corrected chi connectivity index (χ3v) is 3.48. The third kappa shape index (κ3) is 2.24. The van der Waals surface area contributed by atoms with Crippen molar-refractivity contribution in [1.82, 2.24) is 0 Å². The van der Waals surface area contributed by atoms with Crippen molar-refractivity contribution in [3.05, 3.63) is 53.8 Å². The quantitative estimate of drug-likeness (QED) is 0.832. The average Bonchev–Trinajstić information content (AvgIpc) is 2.87. The molecule has 0 aliphatic carbocycles. The number of cyclic esters (lactones) is 1. The zero-order chi connectivity index (χ0) is 15.0. The first-order valence-corrected chi connectivity index (χ1v) is 6.43. The number of rotatable bonds is 2. The fourth-order valence-electron chi connectivity index (χ4n) is 2.39. The minimum absolute atomic E-state index is 0.0940. The van der Waals surface area contributed by atoms with Gasteiger partial charge in [0.15, 0.2) is 0 Å². The maximum absolute atomic E-state index is 13.8. The maximum Gasteiger partial charge on any atom is 0.415 e. The van der Waals surface area contributed by atoms with Crippen LogP contribution in [0.15, 0.2) is 42.5 Å². The molecule has 1 atom stereocenters. The van der Waals surface area contributed by atoms with E-state index in [-0.39, 0.29) is 24.0 Å². The highest BCUT2D eigenvalue weighted by molar-refractivity contribution is 5.92. The van der Waals surface area contributed by atoms with Crippen molar-refractivity contribution in [3.8, 4) is 0 Å². The highest BCUT2D eigenvalue weighted by Gasteiger charge is 2.35.